The van der Waals surface area contributed by atoms with Gasteiger partial charge in [-0.25, -0.2) is 0 Å². The number of Topliss-reactive ketones (excluding diaryl/α,β-unsaturated/α-hetero) is 1. The van der Waals surface area contributed by atoms with E-state index in [0.29, 0.717) is 17.4 Å². The predicted octanol–water partition coefficient (Wildman–Crippen LogP) is 3.38. The normalized spacial score (nSPS) is 45.6. The lowest BCUT2D eigenvalue weighted by molar-refractivity contribution is -0.0290. The zero-order valence-electron chi connectivity index (χ0n) is 11.5. The van der Waals surface area contributed by atoms with E-state index in [1.165, 1.54) is 6.42 Å². The first-order valence-electron chi connectivity index (χ1n) is 7.60. The molecule has 0 aliphatic heterocycles. The second-order valence-corrected chi connectivity index (χ2v) is 7.70. The van der Waals surface area contributed by atoms with Crippen LogP contribution in [0.2, 0.25) is 0 Å². The summed E-state index contributed by atoms with van der Waals surface area (Å²) < 4.78 is 0. The number of nitrogens with two attached hydrogens (primary N) is 1. The van der Waals surface area contributed by atoms with E-state index in [1.807, 2.05) is 30.3 Å². The molecule has 1 aromatic rings. The van der Waals surface area contributed by atoms with Crippen LogP contribution < -0.4 is 5.73 Å². The number of alkyl halides is 1. The molecule has 3 atom stereocenters. The Morgan fingerprint density at radius 2 is 1.70 bits per heavy atom. The second kappa shape index (κ2) is 4.08. The third-order valence-corrected chi connectivity index (χ3v) is 6.72. The van der Waals surface area contributed by atoms with Crippen molar-refractivity contribution in [1.82, 2.24) is 0 Å². The molecule has 0 heterocycles. The van der Waals surface area contributed by atoms with Crippen molar-refractivity contribution >= 4 is 17.4 Å². The number of rotatable bonds is 2. The molecule has 20 heavy (non-hydrogen) atoms. The topological polar surface area (TPSA) is 43.1 Å². The molecule has 0 saturated heterocycles. The molecular weight excluding hydrogens is 270 g/mol. The summed E-state index contributed by atoms with van der Waals surface area (Å²) in [5.74, 6) is 1.68. The molecule has 0 amide bonds. The number of carbonyl (C=O) groups is 1. The summed E-state index contributed by atoms with van der Waals surface area (Å²) in [4.78, 5) is 12.2. The van der Waals surface area contributed by atoms with Crippen molar-refractivity contribution in [2.75, 3.05) is 0 Å². The summed E-state index contributed by atoms with van der Waals surface area (Å²) in [6.07, 6.45) is 5.29. The van der Waals surface area contributed by atoms with Gasteiger partial charge >= 0.3 is 0 Å². The summed E-state index contributed by atoms with van der Waals surface area (Å²) >= 11 is 6.98. The lowest BCUT2D eigenvalue weighted by Gasteiger charge is -2.63. The lowest BCUT2D eigenvalue weighted by atomic mass is 9.47. The number of halogens is 1. The molecule has 2 N–H and O–H groups in total. The highest BCUT2D eigenvalue weighted by Crippen LogP contribution is 2.62. The van der Waals surface area contributed by atoms with Gasteiger partial charge in [0.05, 0.1) is 0 Å². The van der Waals surface area contributed by atoms with Crippen LogP contribution in [0.3, 0.4) is 0 Å². The van der Waals surface area contributed by atoms with E-state index >= 15 is 0 Å². The average molecular weight is 290 g/mol. The van der Waals surface area contributed by atoms with Gasteiger partial charge in [0.2, 0.25) is 0 Å². The van der Waals surface area contributed by atoms with Gasteiger partial charge in [0.25, 0.3) is 0 Å². The third kappa shape index (κ3) is 1.52. The Balaban J connectivity index is 1.78. The maximum atomic E-state index is 13.0. The standard InChI is InChI=1S/C17H20ClNO/c18-17(15(20)13-4-2-1-3-5-13)14-7-11-6-12(8-14)10-16(17,19)9-11/h1-5,11-12,14H,6-10,19H2. The number of hydrogen-bond donors (Lipinski definition) is 1. The summed E-state index contributed by atoms with van der Waals surface area (Å²) in [6, 6.07) is 9.44. The maximum Gasteiger partial charge on any atom is 0.185 e. The number of ketones is 1. The van der Waals surface area contributed by atoms with E-state index in [4.69, 9.17) is 17.3 Å². The minimum Gasteiger partial charge on any atom is -0.323 e. The fourth-order valence-corrected chi connectivity index (χ4v) is 5.69. The highest BCUT2D eigenvalue weighted by Gasteiger charge is 2.66. The molecule has 4 aliphatic rings. The molecule has 0 spiro atoms. The molecule has 4 fully saturated rings. The molecule has 4 aliphatic carbocycles. The van der Waals surface area contributed by atoms with Crippen LogP contribution in [-0.4, -0.2) is 16.2 Å². The quantitative estimate of drug-likeness (QED) is 0.670. The summed E-state index contributed by atoms with van der Waals surface area (Å²) in [6.45, 7) is 0. The summed E-state index contributed by atoms with van der Waals surface area (Å²) in [5, 5.41) is 0. The van der Waals surface area contributed by atoms with Crippen LogP contribution in [0.15, 0.2) is 30.3 Å². The molecule has 4 bridgehead atoms. The molecule has 2 nitrogen and oxygen atoms in total. The Morgan fingerprint density at radius 1 is 1.10 bits per heavy atom. The SMILES string of the molecule is NC12CC3CC(CC(C3)C1(Cl)C(=O)c1ccccc1)C2. The van der Waals surface area contributed by atoms with Gasteiger partial charge in [-0.3, -0.25) is 4.79 Å². The Labute approximate surface area is 124 Å². The molecule has 3 heteroatoms. The first kappa shape index (κ1) is 12.8. The fourth-order valence-electron chi connectivity index (χ4n) is 5.25. The van der Waals surface area contributed by atoms with Crippen molar-refractivity contribution in [1.29, 1.82) is 0 Å². The molecule has 106 valence electrons. The summed E-state index contributed by atoms with van der Waals surface area (Å²) in [5.41, 5.74) is 6.89. The van der Waals surface area contributed by atoms with Crippen molar-refractivity contribution in [2.45, 2.75) is 42.5 Å². The average Bonchev–Trinajstić information content (AvgIpc) is 2.43. The summed E-state index contributed by atoms with van der Waals surface area (Å²) in [7, 11) is 0. The molecule has 3 unspecified atom stereocenters. The van der Waals surface area contributed by atoms with Crippen LogP contribution in [0, 0.1) is 17.8 Å². The van der Waals surface area contributed by atoms with Gasteiger partial charge in [-0.1, -0.05) is 30.3 Å². The van der Waals surface area contributed by atoms with Crippen molar-refractivity contribution in [2.24, 2.45) is 23.5 Å². The smallest absolute Gasteiger partial charge is 0.185 e. The van der Waals surface area contributed by atoms with E-state index in [2.05, 4.69) is 0 Å². The minimum atomic E-state index is -0.887. The Kier molecular flexibility index (Phi) is 2.62. The molecule has 1 aromatic carbocycles. The predicted molar refractivity (Wildman–Crippen MR) is 79.8 cm³/mol. The first-order chi connectivity index (χ1) is 9.53. The zero-order chi connectivity index (χ0) is 14.0. The second-order valence-electron chi connectivity index (χ2n) is 7.11. The van der Waals surface area contributed by atoms with Gasteiger partial charge in [0, 0.05) is 11.1 Å². The molecule has 5 rings (SSSR count). The lowest BCUT2D eigenvalue weighted by Crippen LogP contribution is -2.73. The molecule has 0 radical (unpaired) electrons. The molecule has 0 aromatic heterocycles. The van der Waals surface area contributed by atoms with Crippen molar-refractivity contribution < 1.29 is 4.79 Å². The largest absolute Gasteiger partial charge is 0.323 e. The van der Waals surface area contributed by atoms with Gasteiger partial charge in [0.1, 0.15) is 4.87 Å². The Hall–Kier alpha value is -0.860. The van der Waals surface area contributed by atoms with Crippen molar-refractivity contribution in [3.05, 3.63) is 35.9 Å². The van der Waals surface area contributed by atoms with E-state index in [0.717, 1.165) is 25.7 Å². The van der Waals surface area contributed by atoms with Gasteiger partial charge in [-0.15, -0.1) is 11.6 Å². The van der Waals surface area contributed by atoms with Crippen molar-refractivity contribution in [3.8, 4) is 0 Å². The van der Waals surface area contributed by atoms with E-state index in [-0.39, 0.29) is 11.7 Å². The van der Waals surface area contributed by atoms with Gasteiger partial charge < -0.3 is 5.73 Å². The number of carbonyl (C=O) groups excluding carboxylic acids is 1. The Bertz CT molecular complexity index is 543. The van der Waals surface area contributed by atoms with Crippen LogP contribution in [-0.2, 0) is 0 Å². The van der Waals surface area contributed by atoms with Crippen molar-refractivity contribution in [3.63, 3.8) is 0 Å². The van der Waals surface area contributed by atoms with Crippen LogP contribution in [0.25, 0.3) is 0 Å². The highest BCUT2D eigenvalue weighted by atomic mass is 35.5. The van der Waals surface area contributed by atoms with Gasteiger partial charge in [-0.05, 0) is 49.9 Å². The fraction of sp³-hybridized carbons (Fsp3) is 0.588. The van der Waals surface area contributed by atoms with Gasteiger partial charge in [-0.2, -0.15) is 0 Å². The molecular formula is C17H20ClNO. The first-order valence-corrected chi connectivity index (χ1v) is 7.98. The maximum absolute atomic E-state index is 13.0. The molecule has 4 saturated carbocycles. The van der Waals surface area contributed by atoms with E-state index in [9.17, 15) is 4.79 Å². The monoisotopic (exact) mass is 289 g/mol. The Morgan fingerprint density at radius 3 is 2.25 bits per heavy atom. The van der Waals surface area contributed by atoms with Crippen LogP contribution in [0.1, 0.15) is 42.5 Å². The highest BCUT2D eigenvalue weighted by molar-refractivity contribution is 6.39. The third-order valence-electron chi connectivity index (χ3n) is 5.86. The minimum absolute atomic E-state index is 0.0473. The van der Waals surface area contributed by atoms with Crippen LogP contribution >= 0.6 is 11.6 Å². The van der Waals surface area contributed by atoms with E-state index in [1.54, 1.807) is 0 Å². The van der Waals surface area contributed by atoms with Crippen LogP contribution in [0.4, 0.5) is 0 Å². The zero-order valence-corrected chi connectivity index (χ0v) is 12.3. The van der Waals surface area contributed by atoms with Gasteiger partial charge in [0.15, 0.2) is 5.78 Å². The number of hydrogen-bond acceptors (Lipinski definition) is 2. The number of benzene rings is 1. The van der Waals surface area contributed by atoms with E-state index < -0.39 is 10.4 Å². The van der Waals surface area contributed by atoms with Crippen LogP contribution in [0.5, 0.6) is 0 Å².